The Balaban J connectivity index is 2.73. The molecule has 2 atom stereocenters. The van der Waals surface area contributed by atoms with E-state index in [4.69, 9.17) is 23.1 Å². The topological polar surface area (TPSA) is 92.4 Å². The molecule has 2 unspecified atom stereocenters. The molecule has 0 fully saturated rings. The van der Waals surface area contributed by atoms with E-state index in [-0.39, 0.29) is 6.42 Å². The molecule has 0 aliphatic rings. The molecule has 0 aromatic heterocycles. The van der Waals surface area contributed by atoms with E-state index in [9.17, 15) is 9.59 Å². The molecule has 0 saturated heterocycles. The number of hydrogen-bond acceptors (Lipinski definition) is 3. The summed E-state index contributed by atoms with van der Waals surface area (Å²) in [5.74, 6) is -3.13. The lowest BCUT2D eigenvalue weighted by atomic mass is 9.90. The first kappa shape index (κ1) is 15.1. The van der Waals surface area contributed by atoms with Crippen LogP contribution in [0.2, 0.25) is 0 Å². The Hall–Kier alpha value is -1.95. The number of carboxylic acid groups (broad SMARTS) is 1. The SMILES string of the molecule is CC(C(=S)Nc1ccccc1)C(CC(N)=O)C(=O)O. The van der Waals surface area contributed by atoms with E-state index in [1.807, 2.05) is 30.3 Å². The molecule has 1 aromatic carbocycles. The van der Waals surface area contributed by atoms with Crippen LogP contribution in [0.15, 0.2) is 30.3 Å². The largest absolute Gasteiger partial charge is 0.481 e. The number of anilines is 1. The van der Waals surface area contributed by atoms with Gasteiger partial charge >= 0.3 is 5.97 Å². The predicted octanol–water partition coefficient (Wildman–Crippen LogP) is 1.64. The Morgan fingerprint density at radius 2 is 1.95 bits per heavy atom. The van der Waals surface area contributed by atoms with Crippen molar-refractivity contribution in [1.29, 1.82) is 0 Å². The molecule has 0 spiro atoms. The average Bonchev–Trinajstić information content (AvgIpc) is 2.35. The highest BCUT2D eigenvalue weighted by atomic mass is 32.1. The lowest BCUT2D eigenvalue weighted by Gasteiger charge is -2.20. The Morgan fingerprint density at radius 1 is 1.37 bits per heavy atom. The zero-order valence-electron chi connectivity index (χ0n) is 10.5. The highest BCUT2D eigenvalue weighted by molar-refractivity contribution is 7.80. The Kier molecular flexibility index (Phi) is 5.44. The first-order valence-corrected chi connectivity index (χ1v) is 6.19. The van der Waals surface area contributed by atoms with Crippen LogP contribution in [0.1, 0.15) is 13.3 Å². The number of hydrogen-bond donors (Lipinski definition) is 3. The van der Waals surface area contributed by atoms with Gasteiger partial charge in [-0.05, 0) is 12.1 Å². The summed E-state index contributed by atoms with van der Waals surface area (Å²) in [6, 6.07) is 9.19. The van der Waals surface area contributed by atoms with Crippen LogP contribution in [0.4, 0.5) is 5.69 Å². The van der Waals surface area contributed by atoms with Crippen LogP contribution >= 0.6 is 12.2 Å². The first-order valence-electron chi connectivity index (χ1n) is 5.79. The predicted molar refractivity (Wildman–Crippen MR) is 76.8 cm³/mol. The smallest absolute Gasteiger partial charge is 0.307 e. The molecule has 0 heterocycles. The number of primary amides is 1. The van der Waals surface area contributed by atoms with Gasteiger partial charge in [0.25, 0.3) is 0 Å². The minimum atomic E-state index is -1.08. The van der Waals surface area contributed by atoms with Crippen LogP contribution in [0, 0.1) is 11.8 Å². The van der Waals surface area contributed by atoms with Gasteiger partial charge < -0.3 is 16.2 Å². The lowest BCUT2D eigenvalue weighted by Crippen LogP contribution is -2.33. The molecule has 0 saturated carbocycles. The number of carbonyl (C=O) groups excluding carboxylic acids is 1. The molecule has 6 heteroatoms. The van der Waals surface area contributed by atoms with Crippen molar-refractivity contribution in [2.45, 2.75) is 13.3 Å². The van der Waals surface area contributed by atoms with Crippen LogP contribution in [-0.2, 0) is 9.59 Å². The average molecular weight is 280 g/mol. The molecule has 0 aliphatic carbocycles. The minimum absolute atomic E-state index is 0.229. The van der Waals surface area contributed by atoms with Crippen molar-refractivity contribution in [1.82, 2.24) is 0 Å². The van der Waals surface area contributed by atoms with Gasteiger partial charge in [-0.3, -0.25) is 9.59 Å². The van der Waals surface area contributed by atoms with E-state index in [1.54, 1.807) is 6.92 Å². The third kappa shape index (κ3) is 4.67. The molecular weight excluding hydrogens is 264 g/mol. The summed E-state index contributed by atoms with van der Waals surface area (Å²) in [4.78, 5) is 22.4. The molecule has 1 amide bonds. The number of amides is 1. The van der Waals surface area contributed by atoms with E-state index >= 15 is 0 Å². The van der Waals surface area contributed by atoms with Gasteiger partial charge in [-0.1, -0.05) is 37.3 Å². The third-order valence-electron chi connectivity index (χ3n) is 2.80. The van der Waals surface area contributed by atoms with Gasteiger partial charge in [0.05, 0.1) is 10.9 Å². The van der Waals surface area contributed by atoms with Crippen molar-refractivity contribution in [3.05, 3.63) is 30.3 Å². The quantitative estimate of drug-likeness (QED) is 0.689. The molecule has 0 aliphatic heterocycles. The monoisotopic (exact) mass is 280 g/mol. The van der Waals surface area contributed by atoms with Gasteiger partial charge in [-0.15, -0.1) is 0 Å². The minimum Gasteiger partial charge on any atom is -0.481 e. The summed E-state index contributed by atoms with van der Waals surface area (Å²) in [6.45, 7) is 1.67. The molecule has 102 valence electrons. The number of carboxylic acids is 1. The van der Waals surface area contributed by atoms with Crippen molar-refractivity contribution in [3.63, 3.8) is 0 Å². The molecule has 0 bridgehead atoms. The van der Waals surface area contributed by atoms with Gasteiger partial charge in [0.2, 0.25) is 5.91 Å². The van der Waals surface area contributed by atoms with E-state index in [0.29, 0.717) is 4.99 Å². The summed E-state index contributed by atoms with van der Waals surface area (Å²) in [7, 11) is 0. The summed E-state index contributed by atoms with van der Waals surface area (Å²) in [5.41, 5.74) is 5.84. The number of para-hydroxylation sites is 1. The van der Waals surface area contributed by atoms with Gasteiger partial charge in [-0.25, -0.2) is 0 Å². The van der Waals surface area contributed by atoms with Crippen molar-refractivity contribution in [3.8, 4) is 0 Å². The molecule has 4 N–H and O–H groups in total. The van der Waals surface area contributed by atoms with Gasteiger partial charge in [0.1, 0.15) is 0 Å². The van der Waals surface area contributed by atoms with Crippen molar-refractivity contribution in [2.24, 2.45) is 17.6 Å². The standard InChI is InChI=1S/C13H16N2O3S/c1-8(10(13(17)18)7-11(14)16)12(19)15-9-5-3-2-4-6-9/h2-6,8,10H,7H2,1H3,(H2,14,16)(H,15,19)(H,17,18). The van der Waals surface area contributed by atoms with Gasteiger partial charge in [0, 0.05) is 18.0 Å². The summed E-state index contributed by atoms with van der Waals surface area (Å²) < 4.78 is 0. The fourth-order valence-corrected chi connectivity index (χ4v) is 1.94. The highest BCUT2D eigenvalue weighted by Crippen LogP contribution is 2.19. The third-order valence-corrected chi connectivity index (χ3v) is 3.27. The van der Waals surface area contributed by atoms with E-state index in [1.165, 1.54) is 0 Å². The Bertz CT molecular complexity index is 476. The van der Waals surface area contributed by atoms with Crippen LogP contribution in [-0.4, -0.2) is 22.0 Å². The van der Waals surface area contributed by atoms with Crippen LogP contribution in [0.5, 0.6) is 0 Å². The second kappa shape index (κ2) is 6.84. The molecule has 5 nitrogen and oxygen atoms in total. The molecule has 1 aromatic rings. The normalized spacial score (nSPS) is 13.3. The van der Waals surface area contributed by atoms with Crippen molar-refractivity contribution >= 4 is 34.8 Å². The van der Waals surface area contributed by atoms with Crippen LogP contribution < -0.4 is 11.1 Å². The summed E-state index contributed by atoms with van der Waals surface area (Å²) in [5, 5.41) is 12.1. The number of rotatable bonds is 6. The summed E-state index contributed by atoms with van der Waals surface area (Å²) in [6.07, 6.45) is -0.229. The number of benzene rings is 1. The first-order chi connectivity index (χ1) is 8.91. The van der Waals surface area contributed by atoms with E-state index < -0.39 is 23.7 Å². The molecule has 1 rings (SSSR count). The fourth-order valence-electron chi connectivity index (χ4n) is 1.66. The molecular formula is C13H16N2O3S. The van der Waals surface area contributed by atoms with Crippen molar-refractivity contribution < 1.29 is 14.7 Å². The number of carbonyl (C=O) groups is 2. The van der Waals surface area contributed by atoms with Gasteiger partial charge in [0.15, 0.2) is 0 Å². The second-order valence-electron chi connectivity index (χ2n) is 4.26. The zero-order valence-corrected chi connectivity index (χ0v) is 11.3. The maximum atomic E-state index is 11.1. The Morgan fingerprint density at radius 3 is 2.42 bits per heavy atom. The van der Waals surface area contributed by atoms with Crippen molar-refractivity contribution in [2.75, 3.05) is 5.32 Å². The van der Waals surface area contributed by atoms with Gasteiger partial charge in [-0.2, -0.15) is 0 Å². The number of nitrogens with two attached hydrogens (primary N) is 1. The summed E-state index contributed by atoms with van der Waals surface area (Å²) >= 11 is 5.18. The maximum Gasteiger partial charge on any atom is 0.307 e. The second-order valence-corrected chi connectivity index (χ2v) is 4.70. The highest BCUT2D eigenvalue weighted by Gasteiger charge is 2.29. The van der Waals surface area contributed by atoms with E-state index in [0.717, 1.165) is 5.69 Å². The van der Waals surface area contributed by atoms with Crippen LogP contribution in [0.3, 0.4) is 0 Å². The lowest BCUT2D eigenvalue weighted by molar-refractivity contribution is -0.144. The van der Waals surface area contributed by atoms with E-state index in [2.05, 4.69) is 5.32 Å². The molecule has 0 radical (unpaired) electrons. The van der Waals surface area contributed by atoms with Crippen LogP contribution in [0.25, 0.3) is 0 Å². The Labute approximate surface area is 116 Å². The fraction of sp³-hybridized carbons (Fsp3) is 0.308. The maximum absolute atomic E-state index is 11.1. The molecule has 19 heavy (non-hydrogen) atoms. The number of nitrogens with one attached hydrogen (secondary N) is 1. The zero-order chi connectivity index (χ0) is 14.4. The number of thiocarbonyl (C=S) groups is 1. The number of aliphatic carboxylic acids is 1.